The summed E-state index contributed by atoms with van der Waals surface area (Å²) in [5.41, 5.74) is 9.85. The summed E-state index contributed by atoms with van der Waals surface area (Å²) in [5.74, 6) is 0.725. The highest BCUT2D eigenvalue weighted by molar-refractivity contribution is 7.26. The number of para-hydroxylation sites is 2. The maximum absolute atomic E-state index is 5.56. The van der Waals surface area contributed by atoms with Crippen LogP contribution in [0.3, 0.4) is 0 Å². The van der Waals surface area contributed by atoms with Crippen LogP contribution in [0.5, 0.6) is 0 Å². The quantitative estimate of drug-likeness (QED) is 0.166. The molecule has 0 aliphatic rings. The van der Waals surface area contributed by atoms with Crippen molar-refractivity contribution in [3.63, 3.8) is 0 Å². The van der Waals surface area contributed by atoms with Crippen molar-refractivity contribution in [1.82, 2.24) is 14.5 Å². The van der Waals surface area contributed by atoms with Crippen LogP contribution in [0.2, 0.25) is 0 Å². The van der Waals surface area contributed by atoms with Crippen LogP contribution in [0.15, 0.2) is 170 Å². The van der Waals surface area contributed by atoms with Gasteiger partial charge in [-0.3, -0.25) is 0 Å². The Hall–Kier alpha value is -7.18. The average Bonchev–Trinajstić information content (AvgIpc) is 3.97. The number of hydrogen-bond acceptors (Lipinski definition) is 4. The number of benzene rings is 9. The minimum Gasteiger partial charge on any atom is -0.309 e. The van der Waals surface area contributed by atoms with Crippen LogP contribution in [-0.2, 0) is 0 Å². The molecule has 13 aromatic rings. The van der Waals surface area contributed by atoms with Gasteiger partial charge in [0, 0.05) is 73.3 Å². The molecule has 13 rings (SSSR count). The summed E-state index contributed by atoms with van der Waals surface area (Å²) in [6.07, 6.45) is 1.99. The molecule has 0 unspecified atom stereocenters. The van der Waals surface area contributed by atoms with Crippen molar-refractivity contribution in [3.8, 4) is 28.3 Å². The van der Waals surface area contributed by atoms with Crippen LogP contribution in [0.4, 0.5) is 0 Å². The van der Waals surface area contributed by atoms with Gasteiger partial charge in [-0.25, -0.2) is 9.97 Å². The number of nitrogens with zero attached hydrogens (tertiary/aromatic N) is 3. The molecule has 0 bridgehead atoms. The minimum absolute atomic E-state index is 0.725. The molecular weight excluding hydrogens is 767 g/mol. The van der Waals surface area contributed by atoms with E-state index in [9.17, 15) is 0 Å². The first-order valence-electron chi connectivity index (χ1n) is 20.3. The van der Waals surface area contributed by atoms with E-state index in [0.717, 1.165) is 44.8 Å². The van der Waals surface area contributed by atoms with Crippen molar-refractivity contribution in [2.24, 2.45) is 0 Å². The van der Waals surface area contributed by atoms with Gasteiger partial charge in [-0.05, 0) is 94.2 Å². The van der Waals surface area contributed by atoms with Gasteiger partial charge in [-0.1, -0.05) is 122 Å². The molecule has 0 atom stereocenters. The summed E-state index contributed by atoms with van der Waals surface area (Å²) in [7, 11) is 0. The Kier molecular flexibility index (Phi) is 7.12. The van der Waals surface area contributed by atoms with Crippen molar-refractivity contribution in [1.29, 1.82) is 0 Å². The number of hydrogen-bond donors (Lipinski definition) is 0. The third-order valence-electron chi connectivity index (χ3n) is 12.5. The molecule has 280 valence electrons. The normalized spacial score (nSPS) is 12.2. The van der Waals surface area contributed by atoms with Crippen LogP contribution in [0, 0.1) is 6.92 Å². The van der Waals surface area contributed by atoms with Crippen molar-refractivity contribution in [2.45, 2.75) is 6.92 Å². The molecule has 0 fully saturated rings. The lowest BCUT2D eigenvalue weighted by molar-refractivity contribution is 1.18. The Labute approximate surface area is 352 Å². The third kappa shape index (κ3) is 4.76. The average molecular weight is 800 g/mol. The summed E-state index contributed by atoms with van der Waals surface area (Å²) < 4.78 is 7.47. The Bertz CT molecular complexity index is 3990. The molecular formula is C55H33N3S2. The van der Waals surface area contributed by atoms with E-state index in [1.54, 1.807) is 0 Å². The van der Waals surface area contributed by atoms with E-state index < -0.39 is 0 Å². The Morgan fingerprint density at radius 1 is 0.517 bits per heavy atom. The van der Waals surface area contributed by atoms with Gasteiger partial charge in [0.05, 0.1) is 22.2 Å². The fraction of sp³-hybridized carbons (Fsp3) is 0.0182. The van der Waals surface area contributed by atoms with Crippen LogP contribution in [-0.4, -0.2) is 14.5 Å². The predicted octanol–water partition coefficient (Wildman–Crippen LogP) is 16.1. The highest BCUT2D eigenvalue weighted by Gasteiger charge is 2.22. The molecule has 0 N–H and O–H groups in total. The molecule has 0 saturated carbocycles. The van der Waals surface area contributed by atoms with Crippen molar-refractivity contribution >= 4 is 123 Å². The Morgan fingerprint density at radius 2 is 1.23 bits per heavy atom. The first-order chi connectivity index (χ1) is 29.6. The highest BCUT2D eigenvalue weighted by atomic mass is 32.1. The van der Waals surface area contributed by atoms with Gasteiger partial charge in [0.15, 0.2) is 5.82 Å². The number of aryl methyl sites for hydroxylation is 1. The maximum Gasteiger partial charge on any atom is 0.161 e. The van der Waals surface area contributed by atoms with E-state index in [4.69, 9.17) is 9.97 Å². The molecule has 4 heterocycles. The fourth-order valence-electron chi connectivity index (χ4n) is 9.86. The fourth-order valence-corrected chi connectivity index (χ4v) is 12.1. The van der Waals surface area contributed by atoms with Gasteiger partial charge >= 0.3 is 0 Å². The van der Waals surface area contributed by atoms with Crippen molar-refractivity contribution in [3.05, 3.63) is 181 Å². The number of fused-ring (bicyclic) bond motifs is 13. The summed E-state index contributed by atoms with van der Waals surface area (Å²) in [6, 6.07) is 59.7. The van der Waals surface area contributed by atoms with Crippen LogP contribution >= 0.6 is 22.7 Å². The van der Waals surface area contributed by atoms with E-state index in [1.807, 2.05) is 28.7 Å². The molecule has 4 aromatic heterocycles. The largest absolute Gasteiger partial charge is 0.309 e. The van der Waals surface area contributed by atoms with Gasteiger partial charge in [0.25, 0.3) is 0 Å². The molecule has 0 aliphatic carbocycles. The smallest absolute Gasteiger partial charge is 0.161 e. The van der Waals surface area contributed by atoms with Crippen LogP contribution < -0.4 is 0 Å². The molecule has 3 nitrogen and oxygen atoms in total. The van der Waals surface area contributed by atoms with Gasteiger partial charge in [-0.15, -0.1) is 22.7 Å². The zero-order chi connectivity index (χ0) is 39.6. The minimum atomic E-state index is 0.725. The van der Waals surface area contributed by atoms with Gasteiger partial charge < -0.3 is 4.57 Å². The zero-order valence-electron chi connectivity index (χ0n) is 32.5. The maximum atomic E-state index is 5.56. The summed E-state index contributed by atoms with van der Waals surface area (Å²) in [5, 5.41) is 13.5. The first kappa shape index (κ1) is 33.8. The lowest BCUT2D eigenvalue weighted by atomic mass is 9.92. The molecule has 0 radical (unpaired) electrons. The standard InChI is InChI=1S/C55H33N3S2/c1-3-32-13-12-14-33-23-24-34-28-46-51(31(2)50(34)52(32)33)40-18-5-9-20-45(40)58(46)36-29-42-38-16-7-11-22-48(38)60-54(42)43(30-36)55-56-44-19-8-4-17-39(44)53(57-55)35-25-26-49-41(27-35)37-15-6-10-21-47(37)59-49/h3-30H,1H2,2H3. The van der Waals surface area contributed by atoms with E-state index in [1.165, 1.54) is 89.3 Å². The molecule has 9 aromatic carbocycles. The summed E-state index contributed by atoms with van der Waals surface area (Å²) >= 11 is 3.66. The molecule has 0 saturated heterocycles. The molecule has 60 heavy (non-hydrogen) atoms. The van der Waals surface area contributed by atoms with Gasteiger partial charge in [0.2, 0.25) is 0 Å². The number of thiophene rings is 2. The van der Waals surface area contributed by atoms with Crippen molar-refractivity contribution in [2.75, 3.05) is 0 Å². The van der Waals surface area contributed by atoms with Crippen LogP contribution in [0.25, 0.3) is 129 Å². The Morgan fingerprint density at radius 3 is 2.08 bits per heavy atom. The summed E-state index contributed by atoms with van der Waals surface area (Å²) in [6.45, 7) is 6.49. The lowest BCUT2D eigenvalue weighted by Crippen LogP contribution is -1.98. The Balaban J connectivity index is 1.12. The van der Waals surface area contributed by atoms with E-state index in [2.05, 4.69) is 182 Å². The van der Waals surface area contributed by atoms with Gasteiger partial charge in [0.1, 0.15) is 0 Å². The van der Waals surface area contributed by atoms with Crippen molar-refractivity contribution < 1.29 is 0 Å². The second-order valence-electron chi connectivity index (χ2n) is 15.8. The summed E-state index contributed by atoms with van der Waals surface area (Å²) in [4.78, 5) is 10.9. The number of aromatic nitrogens is 3. The SMILES string of the molecule is C=Cc1cccc2ccc3cc4c(c(C)c3c12)c1ccccc1n4-c1cc(-c2nc(-c3ccc4sc5ccccc5c4c3)c3ccccc3n2)c2sc3ccccc3c2c1. The second-order valence-corrected chi connectivity index (χ2v) is 17.9. The second kappa shape index (κ2) is 12.7. The van der Waals surface area contributed by atoms with E-state index >= 15 is 0 Å². The first-order valence-corrected chi connectivity index (χ1v) is 21.9. The monoisotopic (exact) mass is 799 g/mol. The van der Waals surface area contributed by atoms with E-state index in [0.29, 0.717) is 0 Å². The molecule has 0 amide bonds. The molecule has 0 spiro atoms. The number of rotatable bonds is 4. The van der Waals surface area contributed by atoms with Crippen LogP contribution in [0.1, 0.15) is 11.1 Å². The topological polar surface area (TPSA) is 30.7 Å². The molecule has 0 aliphatic heterocycles. The zero-order valence-corrected chi connectivity index (χ0v) is 34.2. The third-order valence-corrected chi connectivity index (χ3v) is 14.9. The van der Waals surface area contributed by atoms with E-state index in [-0.39, 0.29) is 0 Å². The lowest BCUT2D eigenvalue weighted by Gasteiger charge is -2.15. The predicted molar refractivity (Wildman–Crippen MR) is 260 cm³/mol. The van der Waals surface area contributed by atoms with Gasteiger partial charge in [-0.2, -0.15) is 0 Å². The highest BCUT2D eigenvalue weighted by Crippen LogP contribution is 2.46. The molecule has 5 heteroatoms.